The van der Waals surface area contributed by atoms with Crippen LogP contribution in [-0.4, -0.2) is 18.2 Å². The first kappa shape index (κ1) is 16.0. The molecular formula is C14H18ClN3O2S. The van der Waals surface area contributed by atoms with Crippen molar-refractivity contribution in [1.82, 2.24) is 14.5 Å². The molecule has 0 aliphatic heterocycles. The number of halogens is 1. The van der Waals surface area contributed by atoms with Crippen molar-refractivity contribution in [3.8, 4) is 0 Å². The van der Waals surface area contributed by atoms with Crippen molar-refractivity contribution in [2.45, 2.75) is 32.2 Å². The Labute approximate surface area is 130 Å². The number of benzene rings is 1. The molecule has 0 unspecified atom stereocenters. The van der Waals surface area contributed by atoms with E-state index in [-0.39, 0.29) is 11.4 Å². The Morgan fingerprint density at radius 3 is 2.43 bits per heavy atom. The van der Waals surface area contributed by atoms with Crippen molar-refractivity contribution in [3.05, 3.63) is 45.7 Å². The van der Waals surface area contributed by atoms with Crippen LogP contribution in [0, 0.1) is 20.8 Å². The first-order valence-electron chi connectivity index (χ1n) is 6.46. The predicted octanol–water partition coefficient (Wildman–Crippen LogP) is 2.48. The van der Waals surface area contributed by atoms with Gasteiger partial charge in [-0.1, -0.05) is 11.6 Å². The Kier molecular flexibility index (Phi) is 4.41. The Morgan fingerprint density at radius 2 is 1.86 bits per heavy atom. The first-order chi connectivity index (χ1) is 9.70. The van der Waals surface area contributed by atoms with E-state index in [1.165, 1.54) is 0 Å². The van der Waals surface area contributed by atoms with Crippen LogP contribution in [0.3, 0.4) is 0 Å². The maximum absolute atomic E-state index is 12.4. The summed E-state index contributed by atoms with van der Waals surface area (Å²) in [6.07, 6.45) is 0. The fourth-order valence-electron chi connectivity index (χ4n) is 2.01. The smallest absolute Gasteiger partial charge is 0.241 e. The number of sulfonamides is 1. The van der Waals surface area contributed by atoms with E-state index in [0.29, 0.717) is 16.3 Å². The third kappa shape index (κ3) is 3.45. The van der Waals surface area contributed by atoms with Crippen LogP contribution >= 0.6 is 11.6 Å². The van der Waals surface area contributed by atoms with E-state index in [4.69, 9.17) is 11.6 Å². The summed E-state index contributed by atoms with van der Waals surface area (Å²) in [5.74, 6) is 0. The van der Waals surface area contributed by atoms with Gasteiger partial charge in [-0.2, -0.15) is 5.10 Å². The van der Waals surface area contributed by atoms with Crippen LogP contribution in [0.2, 0.25) is 5.02 Å². The van der Waals surface area contributed by atoms with E-state index in [2.05, 4.69) is 9.82 Å². The van der Waals surface area contributed by atoms with Crippen molar-refractivity contribution < 1.29 is 8.42 Å². The van der Waals surface area contributed by atoms with Gasteiger partial charge in [0.2, 0.25) is 10.0 Å². The molecule has 0 atom stereocenters. The van der Waals surface area contributed by atoms with Gasteiger partial charge < -0.3 is 0 Å². The molecule has 0 fully saturated rings. The van der Waals surface area contributed by atoms with Gasteiger partial charge in [0.25, 0.3) is 0 Å². The van der Waals surface area contributed by atoms with Crippen LogP contribution in [-0.2, 0) is 23.6 Å². The number of nitrogens with one attached hydrogen (secondary N) is 1. The Hall–Kier alpha value is -1.37. The van der Waals surface area contributed by atoms with E-state index in [1.54, 1.807) is 30.7 Å². The summed E-state index contributed by atoms with van der Waals surface area (Å²) in [7, 11) is -1.77. The monoisotopic (exact) mass is 327 g/mol. The average Bonchev–Trinajstić information content (AvgIpc) is 2.71. The van der Waals surface area contributed by atoms with Crippen LogP contribution in [0.25, 0.3) is 0 Å². The van der Waals surface area contributed by atoms with Gasteiger partial charge >= 0.3 is 0 Å². The van der Waals surface area contributed by atoms with Crippen molar-refractivity contribution in [2.75, 3.05) is 0 Å². The molecule has 0 aliphatic rings. The second kappa shape index (κ2) is 5.79. The predicted molar refractivity (Wildman–Crippen MR) is 82.9 cm³/mol. The Bertz CT molecular complexity index is 762. The molecule has 1 aromatic heterocycles. The van der Waals surface area contributed by atoms with Gasteiger partial charge in [0, 0.05) is 17.8 Å². The Balaban J connectivity index is 2.24. The van der Waals surface area contributed by atoms with Crippen LogP contribution < -0.4 is 4.72 Å². The highest BCUT2D eigenvalue weighted by Crippen LogP contribution is 2.23. The highest BCUT2D eigenvalue weighted by atomic mass is 35.5. The zero-order chi connectivity index (χ0) is 15.8. The van der Waals surface area contributed by atoms with Gasteiger partial charge in [0.15, 0.2) is 0 Å². The SMILES string of the molecule is Cc1cc(S(=O)(=O)NCc2cc(C)n(C)n2)c(C)cc1Cl. The molecule has 0 amide bonds. The van der Waals surface area contributed by atoms with E-state index < -0.39 is 10.0 Å². The number of aromatic nitrogens is 2. The molecule has 1 heterocycles. The third-order valence-electron chi connectivity index (χ3n) is 3.35. The van der Waals surface area contributed by atoms with Gasteiger partial charge in [0.1, 0.15) is 0 Å². The summed E-state index contributed by atoms with van der Waals surface area (Å²) in [5, 5.41) is 4.79. The van der Waals surface area contributed by atoms with Crippen LogP contribution in [0.5, 0.6) is 0 Å². The molecule has 1 N–H and O–H groups in total. The summed E-state index contributed by atoms with van der Waals surface area (Å²) >= 11 is 6.00. The van der Waals surface area contributed by atoms with Crippen molar-refractivity contribution in [3.63, 3.8) is 0 Å². The molecule has 114 valence electrons. The summed E-state index contributed by atoms with van der Waals surface area (Å²) < 4.78 is 29.1. The second-order valence-electron chi connectivity index (χ2n) is 5.09. The minimum Gasteiger partial charge on any atom is -0.273 e. The maximum atomic E-state index is 12.4. The second-order valence-corrected chi connectivity index (χ2v) is 7.23. The van der Waals surface area contributed by atoms with Crippen LogP contribution in [0.4, 0.5) is 0 Å². The molecule has 0 saturated heterocycles. The number of rotatable bonds is 4. The molecule has 2 rings (SSSR count). The Morgan fingerprint density at radius 1 is 1.19 bits per heavy atom. The van der Waals surface area contributed by atoms with E-state index in [9.17, 15) is 8.42 Å². The lowest BCUT2D eigenvalue weighted by molar-refractivity contribution is 0.578. The molecule has 0 saturated carbocycles. The van der Waals surface area contributed by atoms with Crippen molar-refractivity contribution >= 4 is 21.6 Å². The largest absolute Gasteiger partial charge is 0.273 e. The zero-order valence-corrected chi connectivity index (χ0v) is 14.0. The van der Waals surface area contributed by atoms with Gasteiger partial charge in [0.05, 0.1) is 17.1 Å². The van der Waals surface area contributed by atoms with E-state index >= 15 is 0 Å². The average molecular weight is 328 g/mol. The lowest BCUT2D eigenvalue weighted by Gasteiger charge is -2.10. The minimum absolute atomic E-state index is 0.158. The van der Waals surface area contributed by atoms with Gasteiger partial charge in [-0.25, -0.2) is 13.1 Å². The number of nitrogens with zero attached hydrogens (tertiary/aromatic N) is 2. The van der Waals surface area contributed by atoms with Gasteiger partial charge in [-0.05, 0) is 50.1 Å². The topological polar surface area (TPSA) is 64.0 Å². The molecule has 0 radical (unpaired) electrons. The molecule has 0 aliphatic carbocycles. The van der Waals surface area contributed by atoms with E-state index in [0.717, 1.165) is 11.3 Å². The van der Waals surface area contributed by atoms with Gasteiger partial charge in [-0.3, -0.25) is 4.68 Å². The molecule has 0 bridgehead atoms. The standard InChI is InChI=1S/C14H18ClN3O2S/c1-9-6-14(10(2)5-13(9)15)21(19,20)16-8-12-7-11(3)18(4)17-12/h5-7,16H,8H2,1-4H3. The molecule has 2 aromatic rings. The summed E-state index contributed by atoms with van der Waals surface area (Å²) in [4.78, 5) is 0.247. The van der Waals surface area contributed by atoms with Crippen LogP contribution in [0.1, 0.15) is 22.5 Å². The summed E-state index contributed by atoms with van der Waals surface area (Å²) in [6, 6.07) is 5.10. The molecule has 5 nitrogen and oxygen atoms in total. The fourth-order valence-corrected chi connectivity index (χ4v) is 3.54. The minimum atomic E-state index is -3.59. The molecule has 21 heavy (non-hydrogen) atoms. The summed E-state index contributed by atoms with van der Waals surface area (Å²) in [6.45, 7) is 5.58. The van der Waals surface area contributed by atoms with E-state index in [1.807, 2.05) is 20.0 Å². The fraction of sp³-hybridized carbons (Fsp3) is 0.357. The molecular weight excluding hydrogens is 310 g/mol. The maximum Gasteiger partial charge on any atom is 0.241 e. The number of hydrogen-bond donors (Lipinski definition) is 1. The number of aryl methyl sites for hydroxylation is 4. The summed E-state index contributed by atoms with van der Waals surface area (Å²) in [5.41, 5.74) is 3.01. The molecule has 7 heteroatoms. The van der Waals surface area contributed by atoms with Gasteiger partial charge in [-0.15, -0.1) is 0 Å². The number of hydrogen-bond acceptors (Lipinski definition) is 3. The van der Waals surface area contributed by atoms with Crippen LogP contribution in [0.15, 0.2) is 23.1 Å². The lowest BCUT2D eigenvalue weighted by atomic mass is 10.2. The third-order valence-corrected chi connectivity index (χ3v) is 5.30. The quantitative estimate of drug-likeness (QED) is 0.938. The highest BCUT2D eigenvalue weighted by Gasteiger charge is 2.18. The van der Waals surface area contributed by atoms with Crippen molar-refractivity contribution in [1.29, 1.82) is 0 Å². The lowest BCUT2D eigenvalue weighted by Crippen LogP contribution is -2.24. The zero-order valence-electron chi connectivity index (χ0n) is 12.4. The highest BCUT2D eigenvalue weighted by molar-refractivity contribution is 7.89. The first-order valence-corrected chi connectivity index (χ1v) is 8.33. The molecule has 0 spiro atoms. The van der Waals surface area contributed by atoms with Crippen molar-refractivity contribution in [2.24, 2.45) is 7.05 Å². The normalized spacial score (nSPS) is 11.9. The molecule has 1 aromatic carbocycles.